The van der Waals surface area contributed by atoms with Crippen LogP contribution in [-0.2, 0) is 4.79 Å². The molecule has 1 N–H and O–H groups in total. The van der Waals surface area contributed by atoms with E-state index in [1.165, 1.54) is 19.3 Å². The first-order valence-corrected chi connectivity index (χ1v) is 11.2. The van der Waals surface area contributed by atoms with Crippen molar-refractivity contribution in [3.05, 3.63) is 29.6 Å². The van der Waals surface area contributed by atoms with Crippen molar-refractivity contribution in [2.24, 2.45) is 5.92 Å². The minimum Gasteiger partial charge on any atom is -0.348 e. The topological polar surface area (TPSA) is 45.2 Å². The second-order valence-corrected chi connectivity index (χ2v) is 8.21. The third-order valence-corrected chi connectivity index (χ3v) is 6.24. The van der Waals surface area contributed by atoms with Gasteiger partial charge in [-0.15, -0.1) is 11.3 Å². The highest BCUT2D eigenvalue weighted by Gasteiger charge is 2.17. The summed E-state index contributed by atoms with van der Waals surface area (Å²) in [4.78, 5) is 19.7. The zero-order valence-corrected chi connectivity index (χ0v) is 17.4. The molecule has 0 radical (unpaired) electrons. The summed E-state index contributed by atoms with van der Waals surface area (Å²) in [5.41, 5.74) is 2.99. The summed E-state index contributed by atoms with van der Waals surface area (Å²) in [5.74, 6) is 0.245. The lowest BCUT2D eigenvalue weighted by Gasteiger charge is -2.25. The Morgan fingerprint density at radius 1 is 1.19 bits per heavy atom. The Balaban J connectivity index is 1.61. The first-order valence-electron chi connectivity index (χ1n) is 10.3. The number of hydrogen-bond acceptors (Lipinski definition) is 4. The van der Waals surface area contributed by atoms with Crippen LogP contribution in [0.5, 0.6) is 0 Å². The predicted molar refractivity (Wildman–Crippen MR) is 116 cm³/mol. The van der Waals surface area contributed by atoms with E-state index < -0.39 is 0 Å². The van der Waals surface area contributed by atoms with Gasteiger partial charge >= 0.3 is 0 Å². The van der Waals surface area contributed by atoms with Crippen LogP contribution >= 0.6 is 11.3 Å². The van der Waals surface area contributed by atoms with E-state index in [0.29, 0.717) is 0 Å². The Bertz CT molecular complexity index is 719. The van der Waals surface area contributed by atoms with Crippen molar-refractivity contribution < 1.29 is 4.79 Å². The molecule has 27 heavy (non-hydrogen) atoms. The Labute approximate surface area is 167 Å². The lowest BCUT2D eigenvalue weighted by atomic mass is 9.98. The van der Waals surface area contributed by atoms with Gasteiger partial charge in [-0.05, 0) is 44.2 Å². The largest absolute Gasteiger partial charge is 0.348 e. The van der Waals surface area contributed by atoms with E-state index in [-0.39, 0.29) is 11.8 Å². The minimum absolute atomic E-state index is 0.107. The van der Waals surface area contributed by atoms with E-state index in [1.54, 1.807) is 11.3 Å². The molecule has 1 aliphatic heterocycles. The highest BCUT2D eigenvalue weighted by Crippen LogP contribution is 2.30. The minimum atomic E-state index is 0.107. The molecular weight excluding hydrogens is 354 g/mol. The lowest BCUT2D eigenvalue weighted by molar-refractivity contribution is -0.120. The average molecular weight is 386 g/mol. The number of thiazole rings is 1. The van der Waals surface area contributed by atoms with Crippen LogP contribution in [-0.4, -0.2) is 24.0 Å². The van der Waals surface area contributed by atoms with Crippen LogP contribution in [0.15, 0.2) is 29.6 Å². The van der Waals surface area contributed by atoms with Crippen molar-refractivity contribution in [2.45, 2.75) is 58.8 Å². The molecule has 1 aromatic heterocycles. The van der Waals surface area contributed by atoms with Gasteiger partial charge in [-0.1, -0.05) is 38.8 Å². The number of carbonyl (C=O) groups excluding carboxylic acids is 1. The molecule has 146 valence electrons. The maximum absolute atomic E-state index is 12.5. The fourth-order valence-electron chi connectivity index (χ4n) is 3.57. The summed E-state index contributed by atoms with van der Waals surface area (Å²) < 4.78 is 0. The normalized spacial score (nSPS) is 15.6. The number of aromatic nitrogens is 1. The summed E-state index contributed by atoms with van der Waals surface area (Å²) in [5, 5.41) is 6.34. The fraction of sp³-hybridized carbons (Fsp3) is 0.545. The first kappa shape index (κ1) is 19.9. The van der Waals surface area contributed by atoms with E-state index in [0.717, 1.165) is 60.8 Å². The molecule has 2 aromatic rings. The predicted octanol–water partition coefficient (Wildman–Crippen LogP) is 5.96. The second kappa shape index (κ2) is 9.88. The molecule has 3 rings (SSSR count). The third kappa shape index (κ3) is 5.32. The van der Waals surface area contributed by atoms with Crippen LogP contribution in [0.1, 0.15) is 58.8 Å². The molecule has 0 aliphatic carbocycles. The van der Waals surface area contributed by atoms with Gasteiger partial charge in [0.05, 0.1) is 5.69 Å². The van der Waals surface area contributed by atoms with Gasteiger partial charge < -0.3 is 10.2 Å². The number of nitrogens with zero attached hydrogens (tertiary/aromatic N) is 2. The standard InChI is InChI=1S/C22H31N3OS/c1-3-5-9-17(4-2)21(26)23-19-12-10-18(11-13-19)20-16-27-22(24-20)25-14-7-6-8-15-25/h10-13,16-17H,3-9,14-15H2,1-2H3,(H,23,26)/t17-/m1/s1. The van der Waals surface area contributed by atoms with Gasteiger partial charge in [0.25, 0.3) is 0 Å². The van der Waals surface area contributed by atoms with E-state index in [2.05, 4.69) is 41.6 Å². The molecule has 5 heteroatoms. The molecule has 0 bridgehead atoms. The van der Waals surface area contributed by atoms with Gasteiger partial charge in [-0.2, -0.15) is 0 Å². The van der Waals surface area contributed by atoms with Crippen LogP contribution in [0.3, 0.4) is 0 Å². The number of piperidine rings is 1. The van der Waals surface area contributed by atoms with Gasteiger partial charge in [-0.3, -0.25) is 4.79 Å². The SMILES string of the molecule is CCCC[C@@H](CC)C(=O)Nc1ccc(-c2csc(N3CCCCC3)n2)cc1. The van der Waals surface area contributed by atoms with E-state index >= 15 is 0 Å². The molecule has 1 aromatic carbocycles. The zero-order chi connectivity index (χ0) is 19.1. The van der Waals surface area contributed by atoms with Crippen LogP contribution in [0.4, 0.5) is 10.8 Å². The maximum atomic E-state index is 12.5. The highest BCUT2D eigenvalue weighted by molar-refractivity contribution is 7.14. The first-order chi connectivity index (χ1) is 13.2. The number of benzene rings is 1. The van der Waals surface area contributed by atoms with E-state index in [9.17, 15) is 4.79 Å². The number of rotatable bonds is 8. The molecule has 1 saturated heterocycles. The monoisotopic (exact) mass is 385 g/mol. The lowest BCUT2D eigenvalue weighted by Crippen LogP contribution is -2.29. The van der Waals surface area contributed by atoms with E-state index in [1.807, 2.05) is 12.1 Å². The number of carbonyl (C=O) groups is 1. The van der Waals surface area contributed by atoms with Gasteiger partial charge in [0.15, 0.2) is 5.13 Å². The quantitative estimate of drug-likeness (QED) is 0.610. The molecular formula is C22H31N3OS. The van der Waals surface area contributed by atoms with Crippen LogP contribution in [0.2, 0.25) is 0 Å². The van der Waals surface area contributed by atoms with Crippen molar-refractivity contribution in [1.29, 1.82) is 0 Å². The molecule has 1 fully saturated rings. The number of hydrogen-bond donors (Lipinski definition) is 1. The molecule has 0 unspecified atom stereocenters. The second-order valence-electron chi connectivity index (χ2n) is 7.38. The molecule has 2 heterocycles. The number of nitrogens with one attached hydrogen (secondary N) is 1. The summed E-state index contributed by atoms with van der Waals surface area (Å²) in [7, 11) is 0. The molecule has 4 nitrogen and oxygen atoms in total. The summed E-state index contributed by atoms with van der Waals surface area (Å²) in [6.07, 6.45) is 7.95. The Hall–Kier alpha value is -1.88. The van der Waals surface area contributed by atoms with Crippen molar-refractivity contribution in [3.63, 3.8) is 0 Å². The summed E-state index contributed by atoms with van der Waals surface area (Å²) in [6, 6.07) is 8.08. The van der Waals surface area contributed by atoms with Gasteiger partial charge in [-0.25, -0.2) is 4.98 Å². The maximum Gasteiger partial charge on any atom is 0.227 e. The fourth-order valence-corrected chi connectivity index (χ4v) is 4.46. The number of anilines is 2. The zero-order valence-electron chi connectivity index (χ0n) is 16.5. The molecule has 0 saturated carbocycles. The molecule has 1 amide bonds. The smallest absolute Gasteiger partial charge is 0.227 e. The van der Waals surface area contributed by atoms with Crippen LogP contribution in [0, 0.1) is 5.92 Å². The highest BCUT2D eigenvalue weighted by atomic mass is 32.1. The van der Waals surface area contributed by atoms with Crippen LogP contribution < -0.4 is 10.2 Å². The number of amides is 1. The van der Waals surface area contributed by atoms with Gasteiger partial charge in [0.2, 0.25) is 5.91 Å². The third-order valence-electron chi connectivity index (χ3n) is 5.34. The Kier molecular flexibility index (Phi) is 7.27. The molecule has 0 spiro atoms. The van der Waals surface area contributed by atoms with Crippen molar-refractivity contribution in [2.75, 3.05) is 23.3 Å². The summed E-state index contributed by atoms with van der Waals surface area (Å²) in [6.45, 7) is 6.49. The average Bonchev–Trinajstić information content (AvgIpc) is 3.20. The van der Waals surface area contributed by atoms with Crippen LogP contribution in [0.25, 0.3) is 11.3 Å². The van der Waals surface area contributed by atoms with Crippen molar-refractivity contribution >= 4 is 28.1 Å². The van der Waals surface area contributed by atoms with E-state index in [4.69, 9.17) is 4.98 Å². The molecule has 1 aliphatic rings. The van der Waals surface area contributed by atoms with Crippen molar-refractivity contribution in [3.8, 4) is 11.3 Å². The van der Waals surface area contributed by atoms with Crippen molar-refractivity contribution in [1.82, 2.24) is 4.98 Å². The van der Waals surface area contributed by atoms with Gasteiger partial charge in [0, 0.05) is 35.6 Å². The Morgan fingerprint density at radius 2 is 1.93 bits per heavy atom. The molecule has 1 atom stereocenters. The number of unbranched alkanes of at least 4 members (excludes halogenated alkanes) is 1. The summed E-state index contributed by atoms with van der Waals surface area (Å²) >= 11 is 1.73. The van der Waals surface area contributed by atoms with Gasteiger partial charge in [0.1, 0.15) is 0 Å². The Morgan fingerprint density at radius 3 is 2.59 bits per heavy atom.